The van der Waals surface area contributed by atoms with E-state index >= 15 is 0 Å². The zero-order valence-electron chi connectivity index (χ0n) is 16.0. The van der Waals surface area contributed by atoms with Crippen LogP contribution in [-0.2, 0) is 15.7 Å². The van der Waals surface area contributed by atoms with E-state index in [9.17, 15) is 14.5 Å². The summed E-state index contributed by atoms with van der Waals surface area (Å²) in [6.07, 6.45) is -0.0440. The maximum atomic E-state index is 12.9. The molecule has 1 unspecified atom stereocenters. The molecule has 3 rings (SSSR count). The first-order chi connectivity index (χ1) is 15.0. The van der Waals surface area contributed by atoms with E-state index in [1.807, 2.05) is 0 Å². The Labute approximate surface area is 224 Å². The first-order valence-electron chi connectivity index (χ1n) is 8.82. The molecule has 3 aromatic rings. The van der Waals surface area contributed by atoms with Crippen LogP contribution < -0.4 is 10.2 Å². The van der Waals surface area contributed by atoms with Gasteiger partial charge in [0.15, 0.2) is 5.43 Å². The van der Waals surface area contributed by atoms with Crippen molar-refractivity contribution in [3.05, 3.63) is 61.4 Å². The molecular weight excluding hydrogens is 533 g/mol. The van der Waals surface area contributed by atoms with Gasteiger partial charge in [-0.2, -0.15) is 0 Å². The molecule has 15 heteroatoms. The minimum atomic E-state index is -4.89. The van der Waals surface area contributed by atoms with Crippen molar-refractivity contribution >= 4 is 83.1 Å². The molecule has 4 N–H and O–H groups in total. The first kappa shape index (κ1) is 28.5. The molecular formula is C18H17Cl3N2NaO8P. The molecule has 1 aromatic carbocycles. The fourth-order valence-electron chi connectivity index (χ4n) is 2.89. The second-order valence-electron chi connectivity index (χ2n) is 6.45. The van der Waals surface area contributed by atoms with E-state index in [2.05, 4.69) is 9.51 Å². The number of fused-ring (bicyclic) bond motifs is 1. The molecule has 0 fully saturated rings. The van der Waals surface area contributed by atoms with E-state index in [0.717, 1.165) is 6.07 Å². The van der Waals surface area contributed by atoms with Crippen LogP contribution in [0.25, 0.3) is 16.6 Å². The number of benzene rings is 1. The maximum absolute atomic E-state index is 12.9. The van der Waals surface area contributed by atoms with Gasteiger partial charge in [0, 0.05) is 6.07 Å². The molecule has 10 nitrogen and oxygen atoms in total. The molecule has 0 spiro atoms. The van der Waals surface area contributed by atoms with E-state index in [0.29, 0.717) is 0 Å². The van der Waals surface area contributed by atoms with E-state index in [4.69, 9.17) is 54.4 Å². The van der Waals surface area contributed by atoms with Gasteiger partial charge in [0.05, 0.1) is 51.4 Å². The summed E-state index contributed by atoms with van der Waals surface area (Å²) >= 11 is 19.1. The van der Waals surface area contributed by atoms with Gasteiger partial charge in [-0.05, 0) is 12.1 Å². The molecule has 2 aromatic heterocycles. The third kappa shape index (κ3) is 6.70. The number of nitrogens with zero attached hydrogens (tertiary/aromatic N) is 2. The molecule has 0 saturated carbocycles. The van der Waals surface area contributed by atoms with Crippen LogP contribution >= 0.6 is 42.6 Å². The Bertz CT molecular complexity index is 1250. The molecule has 0 radical (unpaired) electrons. The fraction of sp³-hybridized carbons (Fsp3) is 0.222. The topological polar surface area (TPSA) is 151 Å². The Hall–Kier alpha value is -0.720. The number of pyridine rings is 2. The predicted octanol–water partition coefficient (Wildman–Crippen LogP) is 2.04. The summed E-state index contributed by atoms with van der Waals surface area (Å²) < 4.78 is 22.6. The van der Waals surface area contributed by atoms with Gasteiger partial charge < -0.3 is 29.3 Å². The van der Waals surface area contributed by atoms with Crippen molar-refractivity contribution in [2.75, 3.05) is 13.2 Å². The van der Waals surface area contributed by atoms with Crippen LogP contribution in [0, 0.1) is 0 Å². The average Bonchev–Trinajstić information content (AvgIpc) is 2.72. The van der Waals surface area contributed by atoms with Crippen molar-refractivity contribution < 1.29 is 33.8 Å². The second kappa shape index (κ2) is 11.8. The molecule has 0 aliphatic rings. The monoisotopic (exact) mass is 548 g/mol. The zero-order chi connectivity index (χ0) is 23.6. The minimum absolute atomic E-state index is 0. The number of aliphatic hydroxyl groups is 2. The van der Waals surface area contributed by atoms with Crippen molar-refractivity contribution in [2.24, 2.45) is 0 Å². The van der Waals surface area contributed by atoms with E-state index in [1.54, 1.807) is 6.07 Å². The molecule has 33 heavy (non-hydrogen) atoms. The van der Waals surface area contributed by atoms with Gasteiger partial charge in [0.1, 0.15) is 18.1 Å². The zero-order valence-corrected chi connectivity index (χ0v) is 19.1. The average molecular weight is 550 g/mol. The van der Waals surface area contributed by atoms with E-state index in [1.165, 1.54) is 22.9 Å². The van der Waals surface area contributed by atoms with Crippen LogP contribution in [0.2, 0.25) is 15.1 Å². The molecule has 0 aliphatic carbocycles. The van der Waals surface area contributed by atoms with E-state index < -0.39 is 32.6 Å². The first-order valence-corrected chi connectivity index (χ1v) is 11.5. The number of para-hydroxylation sites is 1. The van der Waals surface area contributed by atoms with Crippen LogP contribution in [0.3, 0.4) is 0 Å². The molecule has 174 valence electrons. The van der Waals surface area contributed by atoms with Crippen molar-refractivity contribution in [1.82, 2.24) is 9.55 Å². The predicted molar refractivity (Wildman–Crippen MR) is 125 cm³/mol. The van der Waals surface area contributed by atoms with Crippen molar-refractivity contribution in [2.45, 2.75) is 12.7 Å². The van der Waals surface area contributed by atoms with Crippen LogP contribution in [-0.4, -0.2) is 78.4 Å². The summed E-state index contributed by atoms with van der Waals surface area (Å²) in [6.45, 7) is -1.63. The number of rotatable bonds is 8. The number of aromatic nitrogens is 2. The molecule has 0 bridgehead atoms. The van der Waals surface area contributed by atoms with E-state index in [-0.39, 0.29) is 79.4 Å². The van der Waals surface area contributed by atoms with Gasteiger partial charge in [0.25, 0.3) is 0 Å². The Morgan fingerprint density at radius 3 is 2.36 bits per heavy atom. The van der Waals surface area contributed by atoms with Crippen LogP contribution in [0.5, 0.6) is 5.88 Å². The van der Waals surface area contributed by atoms with Gasteiger partial charge in [-0.1, -0.05) is 40.9 Å². The molecule has 0 aliphatic heterocycles. The summed E-state index contributed by atoms with van der Waals surface area (Å²) in [5.41, 5.74) is -0.482. The van der Waals surface area contributed by atoms with Crippen molar-refractivity contribution in [3.63, 3.8) is 0 Å². The normalized spacial score (nSPS) is 12.5. The number of ether oxygens (including phenoxy) is 1. The fourth-order valence-corrected chi connectivity index (χ4v) is 3.98. The number of aliphatic hydroxyl groups excluding tert-OH is 2. The number of phosphoric ester groups is 1. The molecule has 2 heterocycles. The second-order valence-corrected chi connectivity index (χ2v) is 8.91. The quantitative estimate of drug-likeness (QED) is 0.244. The van der Waals surface area contributed by atoms with Gasteiger partial charge in [-0.3, -0.25) is 9.32 Å². The van der Waals surface area contributed by atoms with Crippen molar-refractivity contribution in [1.29, 1.82) is 0 Å². The standard InChI is InChI=1S/C18H16Cl3N2O8P.Na.H/c19-11-2-1-3-12(20)16(11)23-9(7-31-32(27,28)29)4-14(26)15-17(23)13(21)5-22-18(15)30-8-10(25)6-24;;/h1-5,10,24-25H,6-8H2,(H2,27,28,29);;. The van der Waals surface area contributed by atoms with Gasteiger partial charge >= 0.3 is 37.4 Å². The summed E-state index contributed by atoms with van der Waals surface area (Å²) in [7, 11) is -4.89. The van der Waals surface area contributed by atoms with Gasteiger partial charge in [0.2, 0.25) is 5.88 Å². The number of hydrogen-bond donors (Lipinski definition) is 4. The molecule has 0 amide bonds. The number of hydrogen-bond acceptors (Lipinski definition) is 7. The molecule has 0 saturated heterocycles. The Kier molecular flexibility index (Phi) is 10.2. The Balaban J connectivity index is 0.00000385. The van der Waals surface area contributed by atoms with Crippen LogP contribution in [0.4, 0.5) is 0 Å². The SMILES string of the molecule is O=c1cc(COP(=O)(O)O)n(-c2c(Cl)cccc2Cl)c2c(Cl)cnc(OCC(O)CO)c12.[NaH]. The van der Waals surface area contributed by atoms with Crippen LogP contribution in [0.15, 0.2) is 35.3 Å². The van der Waals surface area contributed by atoms with Crippen molar-refractivity contribution in [3.8, 4) is 11.6 Å². The summed E-state index contributed by atoms with van der Waals surface area (Å²) in [6, 6.07) is 5.67. The Morgan fingerprint density at radius 2 is 1.79 bits per heavy atom. The third-order valence-electron chi connectivity index (χ3n) is 4.19. The summed E-state index contributed by atoms with van der Waals surface area (Å²) in [4.78, 5) is 35.2. The van der Waals surface area contributed by atoms with Crippen LogP contribution in [0.1, 0.15) is 5.69 Å². The number of halogens is 3. The third-order valence-corrected chi connectivity index (χ3v) is 5.54. The summed E-state index contributed by atoms with van der Waals surface area (Å²) in [5, 5.41) is 18.7. The Morgan fingerprint density at radius 1 is 1.15 bits per heavy atom. The van der Waals surface area contributed by atoms with Gasteiger partial charge in [-0.15, -0.1) is 0 Å². The summed E-state index contributed by atoms with van der Waals surface area (Å²) in [5.74, 6) is -0.193. The number of phosphoric acid groups is 1. The molecule has 1 atom stereocenters. The van der Waals surface area contributed by atoms with Gasteiger partial charge in [-0.25, -0.2) is 9.55 Å².